The minimum atomic E-state index is 0.119. The lowest BCUT2D eigenvalue weighted by Gasteiger charge is -2.18. The van der Waals surface area contributed by atoms with Crippen LogP contribution < -0.4 is 0 Å². The third-order valence-electron chi connectivity index (χ3n) is 2.57. The molecule has 0 saturated carbocycles. The van der Waals surface area contributed by atoms with Crippen molar-refractivity contribution in [1.82, 2.24) is 4.90 Å². The topological polar surface area (TPSA) is 20.3 Å². The number of nitrogens with zero attached hydrogens (tertiary/aromatic N) is 1. The minimum Gasteiger partial charge on any atom is -0.339 e. The number of hydrogen-bond donors (Lipinski definition) is 0. The maximum atomic E-state index is 12.0. The minimum absolute atomic E-state index is 0.119. The predicted octanol–water partition coefficient (Wildman–Crippen LogP) is 2.96. The fraction of sp³-hybridized carbons (Fsp3) is 0.357. The number of rotatable bonds is 4. The summed E-state index contributed by atoms with van der Waals surface area (Å²) < 4.78 is 0. The molecule has 0 saturated heterocycles. The van der Waals surface area contributed by atoms with Crippen molar-refractivity contribution >= 4 is 12.0 Å². The normalized spacial score (nSPS) is 11.3. The van der Waals surface area contributed by atoms with E-state index in [2.05, 4.69) is 0 Å². The Morgan fingerprint density at radius 1 is 1.19 bits per heavy atom. The van der Waals surface area contributed by atoms with Gasteiger partial charge in [-0.05, 0) is 32.4 Å². The van der Waals surface area contributed by atoms with Gasteiger partial charge in [0.2, 0.25) is 5.91 Å². The van der Waals surface area contributed by atoms with Gasteiger partial charge in [-0.2, -0.15) is 0 Å². The van der Waals surface area contributed by atoms with Crippen molar-refractivity contribution < 1.29 is 4.79 Å². The molecule has 1 aromatic rings. The number of likely N-dealkylation sites (N-methyl/N-ethyl adjacent to an activating group) is 1. The number of benzene rings is 1. The molecule has 1 aromatic carbocycles. The van der Waals surface area contributed by atoms with Gasteiger partial charge in [-0.3, -0.25) is 4.79 Å². The lowest BCUT2D eigenvalue weighted by atomic mass is 10.1. The molecule has 0 spiro atoms. The molecule has 0 atom stereocenters. The molecule has 0 aliphatic heterocycles. The summed E-state index contributed by atoms with van der Waals surface area (Å²) >= 11 is 0. The number of carbonyl (C=O) groups excluding carboxylic acids is 1. The molecule has 0 aromatic heterocycles. The molecule has 0 fully saturated rings. The molecule has 0 aliphatic carbocycles. The molecule has 86 valence electrons. The third kappa shape index (κ3) is 3.23. The molecule has 0 unspecified atom stereocenters. The molecule has 0 radical (unpaired) electrons. The first-order valence-electron chi connectivity index (χ1n) is 5.71. The molecule has 0 N–H and O–H groups in total. The molecule has 2 nitrogen and oxygen atoms in total. The largest absolute Gasteiger partial charge is 0.339 e. The van der Waals surface area contributed by atoms with Crippen molar-refractivity contribution in [3.8, 4) is 0 Å². The highest BCUT2D eigenvalue weighted by molar-refractivity contribution is 5.97. The Morgan fingerprint density at radius 3 is 2.25 bits per heavy atom. The molecule has 1 amide bonds. The Hall–Kier alpha value is -1.57. The number of carbonyl (C=O) groups is 1. The van der Waals surface area contributed by atoms with E-state index >= 15 is 0 Å². The average molecular weight is 217 g/mol. The summed E-state index contributed by atoms with van der Waals surface area (Å²) in [6.45, 7) is 7.38. The van der Waals surface area contributed by atoms with Crippen molar-refractivity contribution in [2.75, 3.05) is 13.1 Å². The first kappa shape index (κ1) is 12.5. The maximum Gasteiger partial charge on any atom is 0.249 e. The van der Waals surface area contributed by atoms with Gasteiger partial charge in [-0.25, -0.2) is 0 Å². The monoisotopic (exact) mass is 217 g/mol. The predicted molar refractivity (Wildman–Crippen MR) is 68.0 cm³/mol. The van der Waals surface area contributed by atoms with Crippen LogP contribution in [0.25, 0.3) is 6.08 Å². The van der Waals surface area contributed by atoms with Gasteiger partial charge in [0.25, 0.3) is 0 Å². The second kappa shape index (κ2) is 6.11. The van der Waals surface area contributed by atoms with Crippen LogP contribution in [0.3, 0.4) is 0 Å². The highest BCUT2D eigenvalue weighted by atomic mass is 16.2. The summed E-state index contributed by atoms with van der Waals surface area (Å²) in [6, 6.07) is 9.92. The Balaban J connectivity index is 2.81. The van der Waals surface area contributed by atoms with Crippen LogP contribution in [0.2, 0.25) is 0 Å². The lowest BCUT2D eigenvalue weighted by Crippen LogP contribution is -2.30. The van der Waals surface area contributed by atoms with Crippen molar-refractivity contribution in [2.45, 2.75) is 20.8 Å². The van der Waals surface area contributed by atoms with Crippen LogP contribution in [0, 0.1) is 0 Å². The summed E-state index contributed by atoms with van der Waals surface area (Å²) in [5.41, 5.74) is 1.86. The summed E-state index contributed by atoms with van der Waals surface area (Å²) in [4.78, 5) is 13.8. The third-order valence-corrected chi connectivity index (χ3v) is 2.57. The summed E-state index contributed by atoms with van der Waals surface area (Å²) in [5, 5.41) is 0. The van der Waals surface area contributed by atoms with Gasteiger partial charge in [-0.1, -0.05) is 30.3 Å². The molecule has 0 aliphatic rings. The van der Waals surface area contributed by atoms with Crippen LogP contribution in [-0.2, 0) is 4.79 Å². The van der Waals surface area contributed by atoms with E-state index in [9.17, 15) is 4.79 Å². The van der Waals surface area contributed by atoms with Crippen molar-refractivity contribution in [3.05, 3.63) is 41.5 Å². The van der Waals surface area contributed by atoms with Gasteiger partial charge in [-0.15, -0.1) is 0 Å². The van der Waals surface area contributed by atoms with Gasteiger partial charge in [0, 0.05) is 18.7 Å². The smallest absolute Gasteiger partial charge is 0.249 e. The van der Waals surface area contributed by atoms with E-state index in [4.69, 9.17) is 0 Å². The van der Waals surface area contributed by atoms with Crippen molar-refractivity contribution in [1.29, 1.82) is 0 Å². The van der Waals surface area contributed by atoms with Gasteiger partial charge < -0.3 is 4.90 Å². The van der Waals surface area contributed by atoms with E-state index in [1.807, 2.05) is 62.1 Å². The highest BCUT2D eigenvalue weighted by Crippen LogP contribution is 2.08. The summed E-state index contributed by atoms with van der Waals surface area (Å²) in [6.07, 6.45) is 1.93. The van der Waals surface area contributed by atoms with Crippen LogP contribution in [0.1, 0.15) is 26.3 Å². The Labute approximate surface area is 97.6 Å². The first-order chi connectivity index (χ1) is 7.69. The Bertz CT molecular complexity index is 364. The average Bonchev–Trinajstić information content (AvgIpc) is 2.31. The zero-order valence-electron chi connectivity index (χ0n) is 10.2. The highest BCUT2D eigenvalue weighted by Gasteiger charge is 2.10. The van der Waals surface area contributed by atoms with Crippen LogP contribution >= 0.6 is 0 Å². The molecule has 16 heavy (non-hydrogen) atoms. The standard InChI is InChI=1S/C14H19NO/c1-4-15(5-2)14(16)12(3)11-13-9-7-6-8-10-13/h6-11H,4-5H2,1-3H3/b12-11-. The van der Waals surface area contributed by atoms with E-state index in [-0.39, 0.29) is 5.91 Å². The first-order valence-corrected chi connectivity index (χ1v) is 5.71. The van der Waals surface area contributed by atoms with E-state index in [1.54, 1.807) is 0 Å². The Kier molecular flexibility index (Phi) is 4.77. The second-order valence-corrected chi connectivity index (χ2v) is 3.72. The van der Waals surface area contributed by atoms with Crippen molar-refractivity contribution in [3.63, 3.8) is 0 Å². The zero-order chi connectivity index (χ0) is 12.0. The second-order valence-electron chi connectivity index (χ2n) is 3.72. The quantitative estimate of drug-likeness (QED) is 0.710. The number of amides is 1. The van der Waals surface area contributed by atoms with E-state index in [0.717, 1.165) is 24.2 Å². The SMILES string of the molecule is CCN(CC)C(=O)/C(C)=C\c1ccccc1. The van der Waals surface area contributed by atoms with Crippen LogP contribution in [0.4, 0.5) is 0 Å². The number of hydrogen-bond acceptors (Lipinski definition) is 1. The fourth-order valence-electron chi connectivity index (χ4n) is 1.62. The van der Waals surface area contributed by atoms with E-state index < -0.39 is 0 Å². The van der Waals surface area contributed by atoms with Crippen LogP contribution in [-0.4, -0.2) is 23.9 Å². The summed E-state index contributed by atoms with van der Waals surface area (Å²) in [5.74, 6) is 0.119. The molecule has 0 bridgehead atoms. The zero-order valence-corrected chi connectivity index (χ0v) is 10.2. The molecule has 2 heteroatoms. The summed E-state index contributed by atoms with van der Waals surface area (Å²) in [7, 11) is 0. The fourth-order valence-corrected chi connectivity index (χ4v) is 1.62. The van der Waals surface area contributed by atoms with Gasteiger partial charge >= 0.3 is 0 Å². The Morgan fingerprint density at radius 2 is 1.75 bits per heavy atom. The molecule has 0 heterocycles. The molecular formula is C14H19NO. The van der Waals surface area contributed by atoms with E-state index in [0.29, 0.717) is 0 Å². The van der Waals surface area contributed by atoms with Gasteiger partial charge in [0.15, 0.2) is 0 Å². The van der Waals surface area contributed by atoms with Gasteiger partial charge in [0.1, 0.15) is 0 Å². The van der Waals surface area contributed by atoms with Gasteiger partial charge in [0.05, 0.1) is 0 Å². The van der Waals surface area contributed by atoms with Crippen LogP contribution in [0.5, 0.6) is 0 Å². The van der Waals surface area contributed by atoms with Crippen molar-refractivity contribution in [2.24, 2.45) is 0 Å². The molecular weight excluding hydrogens is 198 g/mol. The molecule has 1 rings (SSSR count). The van der Waals surface area contributed by atoms with Crippen LogP contribution in [0.15, 0.2) is 35.9 Å². The maximum absolute atomic E-state index is 12.0. The lowest BCUT2D eigenvalue weighted by molar-refractivity contribution is -0.126. The van der Waals surface area contributed by atoms with E-state index in [1.165, 1.54) is 0 Å².